The summed E-state index contributed by atoms with van der Waals surface area (Å²) in [5.74, 6) is 0.118. The van der Waals surface area contributed by atoms with Gasteiger partial charge < -0.3 is 5.32 Å². The molecule has 0 unspecified atom stereocenters. The lowest BCUT2D eigenvalue weighted by molar-refractivity contribution is -0.121. The maximum atomic E-state index is 12.0. The Labute approximate surface area is 147 Å². The van der Waals surface area contributed by atoms with E-state index in [9.17, 15) is 4.79 Å². The zero-order valence-corrected chi connectivity index (χ0v) is 14.6. The monoisotopic (exact) mass is 341 g/mol. The zero-order chi connectivity index (χ0) is 16.6. The molecular formula is C19H23N3OS. The molecule has 1 amide bonds. The van der Waals surface area contributed by atoms with Crippen molar-refractivity contribution in [3.05, 3.63) is 46.6 Å². The first-order valence-corrected chi connectivity index (χ1v) is 9.48. The molecule has 1 aliphatic carbocycles. The molecule has 1 aliphatic rings. The van der Waals surface area contributed by atoms with E-state index in [0.29, 0.717) is 12.8 Å². The lowest BCUT2D eigenvalue weighted by Crippen LogP contribution is -2.25. The first-order chi connectivity index (χ1) is 11.8. The molecule has 3 rings (SSSR count). The number of aromatic nitrogens is 2. The van der Waals surface area contributed by atoms with Gasteiger partial charge in [-0.3, -0.25) is 9.78 Å². The van der Waals surface area contributed by atoms with Gasteiger partial charge in [0.1, 0.15) is 0 Å². The van der Waals surface area contributed by atoms with Crippen LogP contribution in [-0.4, -0.2) is 22.4 Å². The van der Waals surface area contributed by atoms with E-state index in [0.717, 1.165) is 29.2 Å². The van der Waals surface area contributed by atoms with Gasteiger partial charge in [-0.05, 0) is 44.2 Å². The van der Waals surface area contributed by atoms with Crippen LogP contribution in [0, 0.1) is 0 Å². The normalized spacial score (nSPS) is 14.2. The maximum Gasteiger partial charge on any atom is 0.220 e. The summed E-state index contributed by atoms with van der Waals surface area (Å²) in [6.07, 6.45) is 13.1. The van der Waals surface area contributed by atoms with Crippen molar-refractivity contribution in [3.63, 3.8) is 0 Å². The Kier molecular flexibility index (Phi) is 6.13. The van der Waals surface area contributed by atoms with E-state index >= 15 is 0 Å². The summed E-state index contributed by atoms with van der Waals surface area (Å²) in [6, 6.07) is 3.90. The minimum absolute atomic E-state index is 0.118. The molecule has 24 heavy (non-hydrogen) atoms. The van der Waals surface area contributed by atoms with E-state index in [2.05, 4.69) is 21.4 Å². The van der Waals surface area contributed by atoms with E-state index in [4.69, 9.17) is 0 Å². The Morgan fingerprint density at radius 1 is 1.21 bits per heavy atom. The highest BCUT2D eigenvalue weighted by Crippen LogP contribution is 2.22. The number of aryl methyl sites for hydroxylation is 1. The molecule has 2 aromatic rings. The Bertz CT molecular complexity index is 694. The third-order valence-electron chi connectivity index (χ3n) is 4.25. The number of allylic oxidation sites excluding steroid dienone is 1. The van der Waals surface area contributed by atoms with Gasteiger partial charge in [-0.2, -0.15) is 0 Å². The van der Waals surface area contributed by atoms with Gasteiger partial charge in [0.15, 0.2) is 0 Å². The Balaban J connectivity index is 1.40. The second kappa shape index (κ2) is 8.73. The quantitative estimate of drug-likeness (QED) is 0.770. The van der Waals surface area contributed by atoms with E-state index in [-0.39, 0.29) is 5.91 Å². The molecule has 0 saturated carbocycles. The summed E-state index contributed by atoms with van der Waals surface area (Å²) < 4.78 is 0. The highest BCUT2D eigenvalue weighted by molar-refractivity contribution is 7.09. The third kappa shape index (κ3) is 4.99. The highest BCUT2D eigenvalue weighted by Gasteiger charge is 2.08. The van der Waals surface area contributed by atoms with Crippen LogP contribution >= 0.6 is 11.3 Å². The number of rotatable bonds is 7. The Morgan fingerprint density at radius 2 is 2.08 bits per heavy atom. The molecule has 0 aromatic carbocycles. The molecule has 0 aliphatic heterocycles. The van der Waals surface area contributed by atoms with E-state index in [1.54, 1.807) is 23.7 Å². The van der Waals surface area contributed by atoms with E-state index in [1.165, 1.54) is 31.3 Å². The molecule has 0 bridgehead atoms. The van der Waals surface area contributed by atoms with Gasteiger partial charge in [0, 0.05) is 42.7 Å². The second-order valence-corrected chi connectivity index (χ2v) is 7.01. The van der Waals surface area contributed by atoms with Crippen molar-refractivity contribution >= 4 is 17.2 Å². The van der Waals surface area contributed by atoms with Crippen molar-refractivity contribution < 1.29 is 4.79 Å². The molecule has 4 nitrogen and oxygen atoms in total. The number of hydrogen-bond donors (Lipinski definition) is 1. The standard InChI is InChI=1S/C19H23N3OS/c23-18(21-13-8-15-4-2-1-3-5-15)6-7-19-22-17(14-24-19)16-9-11-20-12-10-16/h4,9-12,14H,1-3,5-8,13H2,(H,21,23). The summed E-state index contributed by atoms with van der Waals surface area (Å²) >= 11 is 1.61. The van der Waals surface area contributed by atoms with Crippen LogP contribution in [0.2, 0.25) is 0 Å². The number of nitrogens with one attached hydrogen (secondary N) is 1. The van der Waals surface area contributed by atoms with Gasteiger partial charge in [0.05, 0.1) is 10.7 Å². The van der Waals surface area contributed by atoms with Crippen molar-refractivity contribution in [2.45, 2.75) is 44.9 Å². The summed E-state index contributed by atoms with van der Waals surface area (Å²) in [7, 11) is 0. The van der Waals surface area contributed by atoms with Crippen LogP contribution in [0.25, 0.3) is 11.3 Å². The van der Waals surface area contributed by atoms with Gasteiger partial charge in [-0.1, -0.05) is 11.6 Å². The molecule has 2 aromatic heterocycles. The van der Waals surface area contributed by atoms with Crippen molar-refractivity contribution in [3.8, 4) is 11.3 Å². The SMILES string of the molecule is O=C(CCc1nc(-c2ccncc2)cs1)NCCC1=CCCCC1. The lowest BCUT2D eigenvalue weighted by atomic mass is 9.97. The van der Waals surface area contributed by atoms with Crippen molar-refractivity contribution in [2.24, 2.45) is 0 Å². The minimum atomic E-state index is 0.118. The fourth-order valence-electron chi connectivity index (χ4n) is 2.88. The number of pyridine rings is 1. The largest absolute Gasteiger partial charge is 0.356 e. The van der Waals surface area contributed by atoms with Gasteiger partial charge >= 0.3 is 0 Å². The van der Waals surface area contributed by atoms with Crippen LogP contribution in [-0.2, 0) is 11.2 Å². The van der Waals surface area contributed by atoms with Gasteiger partial charge in [0.2, 0.25) is 5.91 Å². The van der Waals surface area contributed by atoms with Crippen LogP contribution in [0.3, 0.4) is 0 Å². The van der Waals surface area contributed by atoms with Crippen molar-refractivity contribution in [2.75, 3.05) is 6.54 Å². The second-order valence-electron chi connectivity index (χ2n) is 6.07. The Hall–Kier alpha value is -2.01. The van der Waals surface area contributed by atoms with Gasteiger partial charge in [-0.25, -0.2) is 4.98 Å². The molecule has 126 valence electrons. The van der Waals surface area contributed by atoms with Crippen LogP contribution in [0.15, 0.2) is 41.6 Å². The summed E-state index contributed by atoms with van der Waals surface area (Å²) in [4.78, 5) is 20.6. The van der Waals surface area contributed by atoms with Gasteiger partial charge in [0.25, 0.3) is 0 Å². The van der Waals surface area contributed by atoms with Crippen molar-refractivity contribution in [1.29, 1.82) is 0 Å². The number of carbonyl (C=O) groups is 1. The maximum absolute atomic E-state index is 12.0. The lowest BCUT2D eigenvalue weighted by Gasteiger charge is -2.12. The number of nitrogens with zero attached hydrogens (tertiary/aromatic N) is 2. The predicted molar refractivity (Wildman–Crippen MR) is 97.8 cm³/mol. The molecule has 0 fully saturated rings. The molecule has 1 N–H and O–H groups in total. The van der Waals surface area contributed by atoms with Crippen molar-refractivity contribution in [1.82, 2.24) is 15.3 Å². The van der Waals surface area contributed by atoms with Crippen LogP contribution in [0.5, 0.6) is 0 Å². The molecule has 5 heteroatoms. The first kappa shape index (κ1) is 16.8. The molecule has 0 radical (unpaired) electrons. The molecule has 0 atom stereocenters. The molecule has 2 heterocycles. The topological polar surface area (TPSA) is 54.9 Å². The minimum Gasteiger partial charge on any atom is -0.356 e. The zero-order valence-electron chi connectivity index (χ0n) is 13.8. The fourth-order valence-corrected chi connectivity index (χ4v) is 3.69. The smallest absolute Gasteiger partial charge is 0.220 e. The first-order valence-electron chi connectivity index (χ1n) is 8.60. The van der Waals surface area contributed by atoms with Crippen LogP contribution in [0.4, 0.5) is 0 Å². The summed E-state index contributed by atoms with van der Waals surface area (Å²) in [6.45, 7) is 0.755. The summed E-state index contributed by atoms with van der Waals surface area (Å²) in [5, 5.41) is 6.07. The average molecular weight is 341 g/mol. The molecular weight excluding hydrogens is 318 g/mol. The number of thiazole rings is 1. The number of amides is 1. The highest BCUT2D eigenvalue weighted by atomic mass is 32.1. The Morgan fingerprint density at radius 3 is 2.88 bits per heavy atom. The average Bonchev–Trinajstić information content (AvgIpc) is 3.11. The van der Waals surface area contributed by atoms with Crippen LogP contribution < -0.4 is 5.32 Å². The number of hydrogen-bond acceptors (Lipinski definition) is 4. The van der Waals surface area contributed by atoms with E-state index in [1.807, 2.05) is 17.5 Å². The number of carbonyl (C=O) groups excluding carboxylic acids is 1. The fraction of sp³-hybridized carbons (Fsp3) is 0.421. The molecule has 0 spiro atoms. The van der Waals surface area contributed by atoms with Crippen LogP contribution in [0.1, 0.15) is 43.5 Å². The summed E-state index contributed by atoms with van der Waals surface area (Å²) in [5.41, 5.74) is 3.53. The predicted octanol–water partition coefficient (Wildman–Crippen LogP) is 4.14. The van der Waals surface area contributed by atoms with Gasteiger partial charge in [-0.15, -0.1) is 11.3 Å². The third-order valence-corrected chi connectivity index (χ3v) is 5.16. The molecule has 0 saturated heterocycles. The van der Waals surface area contributed by atoms with E-state index < -0.39 is 0 Å².